The van der Waals surface area contributed by atoms with Gasteiger partial charge >= 0.3 is 0 Å². The highest BCUT2D eigenvalue weighted by molar-refractivity contribution is 7.84. The Morgan fingerprint density at radius 2 is 1.80 bits per heavy atom. The summed E-state index contributed by atoms with van der Waals surface area (Å²) in [6, 6.07) is 7.85. The van der Waals surface area contributed by atoms with Crippen molar-refractivity contribution < 1.29 is 13.5 Å². The van der Waals surface area contributed by atoms with Crippen molar-refractivity contribution in [2.45, 2.75) is 63.2 Å². The number of carbonyl (C=O) groups excluding carboxylic acids is 1. The van der Waals surface area contributed by atoms with Crippen LogP contribution in [0.15, 0.2) is 39.9 Å². The van der Waals surface area contributed by atoms with E-state index in [1.54, 1.807) is 19.4 Å². The van der Waals surface area contributed by atoms with Gasteiger partial charge in [-0.1, -0.05) is 38.9 Å². The van der Waals surface area contributed by atoms with Gasteiger partial charge in [0.05, 0.1) is 11.2 Å². The van der Waals surface area contributed by atoms with Gasteiger partial charge in [0.1, 0.15) is 5.56 Å². The largest absolute Gasteiger partial charge is 0.365 e. The van der Waals surface area contributed by atoms with Gasteiger partial charge in [-0.05, 0) is 48.9 Å². The van der Waals surface area contributed by atoms with Crippen molar-refractivity contribution in [1.82, 2.24) is 10.1 Å². The summed E-state index contributed by atoms with van der Waals surface area (Å²) in [7, 11) is -1.05. The molecule has 3 aromatic rings. The molecule has 0 radical (unpaired) electrons. The van der Waals surface area contributed by atoms with Crippen LogP contribution in [0, 0.1) is 6.92 Å². The minimum absolute atomic E-state index is 0.159. The second kappa shape index (κ2) is 7.95. The third-order valence-corrected chi connectivity index (χ3v) is 6.79. The van der Waals surface area contributed by atoms with Gasteiger partial charge in [0.2, 0.25) is 0 Å². The Bertz CT molecular complexity index is 1130. The lowest BCUT2D eigenvalue weighted by Gasteiger charge is -2.31. The zero-order valence-electron chi connectivity index (χ0n) is 18.4. The molecule has 0 saturated carbocycles. The van der Waals surface area contributed by atoms with Gasteiger partial charge in [-0.3, -0.25) is 14.0 Å². The fourth-order valence-corrected chi connectivity index (χ4v) is 4.43. The quantitative estimate of drug-likeness (QED) is 0.602. The molecule has 6 nitrogen and oxygen atoms in total. The molecule has 3 rings (SSSR count). The highest BCUT2D eigenvalue weighted by Crippen LogP contribution is 2.39. The molecule has 0 saturated heterocycles. The van der Waals surface area contributed by atoms with E-state index in [1.807, 2.05) is 38.1 Å². The van der Waals surface area contributed by atoms with Crippen molar-refractivity contribution in [3.8, 4) is 0 Å². The highest BCUT2D eigenvalue weighted by Gasteiger charge is 2.34. The smallest absolute Gasteiger partial charge is 0.254 e. The van der Waals surface area contributed by atoms with Crippen LogP contribution >= 0.6 is 0 Å². The number of fused-ring (bicyclic) bond motifs is 1. The van der Waals surface area contributed by atoms with E-state index >= 15 is 0 Å². The maximum absolute atomic E-state index is 11.9. The lowest BCUT2D eigenvalue weighted by Crippen LogP contribution is -2.27. The minimum atomic E-state index is -1.05. The van der Waals surface area contributed by atoms with Crippen LogP contribution in [0.2, 0.25) is 0 Å². The summed E-state index contributed by atoms with van der Waals surface area (Å²) in [5.74, 6) is 0.0262. The molecule has 2 heterocycles. The van der Waals surface area contributed by atoms with E-state index in [0.717, 1.165) is 28.6 Å². The van der Waals surface area contributed by atoms with Crippen LogP contribution in [-0.4, -0.2) is 26.5 Å². The molecular formula is C23H29N3O3S. The number of pyridine rings is 1. The van der Waals surface area contributed by atoms with Gasteiger partial charge in [0.25, 0.3) is 5.91 Å². The van der Waals surface area contributed by atoms with Gasteiger partial charge in [0, 0.05) is 38.9 Å². The summed E-state index contributed by atoms with van der Waals surface area (Å²) in [5, 5.41) is 5.02. The first-order chi connectivity index (χ1) is 13.9. The number of primary amides is 1. The third kappa shape index (κ3) is 4.17. The zero-order chi connectivity index (χ0) is 22.3. The molecule has 7 heteroatoms. The van der Waals surface area contributed by atoms with Crippen LogP contribution in [0.1, 0.15) is 67.9 Å². The molecule has 1 aromatic carbocycles. The van der Waals surface area contributed by atoms with E-state index in [-0.39, 0.29) is 5.41 Å². The van der Waals surface area contributed by atoms with E-state index < -0.39 is 22.1 Å². The van der Waals surface area contributed by atoms with Crippen molar-refractivity contribution in [2.24, 2.45) is 5.73 Å². The summed E-state index contributed by atoms with van der Waals surface area (Å²) in [6.45, 7) is 10.2. The Morgan fingerprint density at radius 1 is 1.13 bits per heavy atom. The SMILES string of the molecule is Cc1noc(C(C)(C)CCC(C)(C)c2ccnc3cc(S(C)=O)ccc23)c1C(N)=O. The molecule has 0 aliphatic heterocycles. The Labute approximate surface area is 179 Å². The number of nitrogens with two attached hydrogens (primary N) is 1. The summed E-state index contributed by atoms with van der Waals surface area (Å²) >= 11 is 0. The predicted molar refractivity (Wildman–Crippen MR) is 119 cm³/mol. The van der Waals surface area contributed by atoms with Crippen molar-refractivity contribution in [2.75, 3.05) is 6.26 Å². The third-order valence-electron chi connectivity index (χ3n) is 5.87. The van der Waals surface area contributed by atoms with Gasteiger partial charge in [-0.25, -0.2) is 0 Å². The first-order valence-electron chi connectivity index (χ1n) is 9.93. The molecule has 1 amide bonds. The van der Waals surface area contributed by atoms with Crippen LogP contribution in [0.3, 0.4) is 0 Å². The predicted octanol–water partition coefficient (Wildman–Crippen LogP) is 4.40. The highest BCUT2D eigenvalue weighted by atomic mass is 32.2. The van der Waals surface area contributed by atoms with Crippen molar-refractivity contribution in [1.29, 1.82) is 0 Å². The number of benzene rings is 1. The second-order valence-electron chi connectivity index (χ2n) is 9.10. The number of nitrogens with zero attached hydrogens (tertiary/aromatic N) is 2. The summed E-state index contributed by atoms with van der Waals surface area (Å²) in [4.78, 5) is 17.1. The summed E-state index contributed by atoms with van der Waals surface area (Å²) in [5.41, 5.74) is 7.92. The van der Waals surface area contributed by atoms with Crippen LogP contribution in [0.4, 0.5) is 0 Å². The average Bonchev–Trinajstić information content (AvgIpc) is 3.08. The van der Waals surface area contributed by atoms with E-state index in [2.05, 4.69) is 24.0 Å². The molecule has 0 aliphatic rings. The monoisotopic (exact) mass is 427 g/mol. The molecular weight excluding hydrogens is 398 g/mol. The first kappa shape index (κ1) is 22.2. The standard InChI is InChI=1S/C23H29N3O3S/c1-14-19(21(24)27)20(29-26-14)23(4,5)11-10-22(2,3)17-9-12-25-18-13-15(30(6)28)7-8-16(17)18/h7-9,12-13H,10-11H2,1-6H3,(H2,24,27). The lowest BCUT2D eigenvalue weighted by molar-refractivity contribution is 0.0995. The molecule has 30 heavy (non-hydrogen) atoms. The summed E-state index contributed by atoms with van der Waals surface area (Å²) in [6.07, 6.45) is 5.09. The number of aryl methyl sites for hydroxylation is 1. The Hall–Kier alpha value is -2.54. The van der Waals surface area contributed by atoms with E-state index in [1.165, 1.54) is 5.56 Å². The van der Waals surface area contributed by atoms with Gasteiger partial charge in [0.15, 0.2) is 5.76 Å². The molecule has 0 aliphatic carbocycles. The van der Waals surface area contributed by atoms with Crippen LogP contribution in [0.5, 0.6) is 0 Å². The van der Waals surface area contributed by atoms with Crippen LogP contribution in [0.25, 0.3) is 10.9 Å². The number of rotatable bonds is 7. The van der Waals surface area contributed by atoms with Crippen LogP contribution < -0.4 is 5.73 Å². The average molecular weight is 428 g/mol. The molecule has 1 atom stereocenters. The number of amides is 1. The number of aromatic nitrogens is 2. The lowest BCUT2D eigenvalue weighted by atomic mass is 9.73. The number of carbonyl (C=O) groups is 1. The Morgan fingerprint density at radius 3 is 2.43 bits per heavy atom. The zero-order valence-corrected chi connectivity index (χ0v) is 19.2. The van der Waals surface area contributed by atoms with Gasteiger partial charge < -0.3 is 10.3 Å². The topological polar surface area (TPSA) is 99.1 Å². The molecule has 0 bridgehead atoms. The maximum Gasteiger partial charge on any atom is 0.254 e. The molecule has 1 unspecified atom stereocenters. The minimum Gasteiger partial charge on any atom is -0.365 e. The number of hydrogen-bond acceptors (Lipinski definition) is 5. The molecule has 2 aromatic heterocycles. The molecule has 0 spiro atoms. The molecule has 2 N–H and O–H groups in total. The maximum atomic E-state index is 11.9. The first-order valence-corrected chi connectivity index (χ1v) is 11.5. The molecule has 160 valence electrons. The van der Waals surface area contributed by atoms with Crippen molar-refractivity contribution in [3.05, 3.63) is 53.0 Å². The van der Waals surface area contributed by atoms with E-state index in [4.69, 9.17) is 10.3 Å². The van der Waals surface area contributed by atoms with E-state index in [9.17, 15) is 9.00 Å². The number of hydrogen-bond donors (Lipinski definition) is 1. The second-order valence-corrected chi connectivity index (χ2v) is 10.5. The fourth-order valence-electron chi connectivity index (χ4n) is 3.89. The van der Waals surface area contributed by atoms with Gasteiger partial charge in [-0.15, -0.1) is 0 Å². The summed E-state index contributed by atoms with van der Waals surface area (Å²) < 4.78 is 17.3. The van der Waals surface area contributed by atoms with Crippen molar-refractivity contribution in [3.63, 3.8) is 0 Å². The normalized spacial score (nSPS) is 13.5. The van der Waals surface area contributed by atoms with Crippen molar-refractivity contribution >= 4 is 27.6 Å². The van der Waals surface area contributed by atoms with Gasteiger partial charge in [-0.2, -0.15) is 0 Å². The van der Waals surface area contributed by atoms with Crippen LogP contribution in [-0.2, 0) is 21.6 Å². The van der Waals surface area contributed by atoms with E-state index in [0.29, 0.717) is 17.0 Å². The fraction of sp³-hybridized carbons (Fsp3) is 0.435. The Kier molecular flexibility index (Phi) is 5.87. The molecule has 0 fully saturated rings. The Balaban J connectivity index is 1.92.